The monoisotopic (exact) mass is 411 g/mol. The van der Waals surface area contributed by atoms with E-state index >= 15 is 0 Å². The number of anilines is 1. The maximum atomic E-state index is 12.6. The van der Waals surface area contributed by atoms with E-state index in [0.717, 1.165) is 56.5 Å². The molecule has 3 heterocycles. The first kappa shape index (κ1) is 22.4. The van der Waals surface area contributed by atoms with Crippen molar-refractivity contribution in [2.45, 2.75) is 32.2 Å². The molecule has 25 heavy (non-hydrogen) atoms. The van der Waals surface area contributed by atoms with Gasteiger partial charge in [0.15, 0.2) is 0 Å². The van der Waals surface area contributed by atoms with Crippen molar-refractivity contribution in [3.05, 3.63) is 5.82 Å². The lowest BCUT2D eigenvalue weighted by Crippen LogP contribution is -2.55. The van der Waals surface area contributed by atoms with E-state index in [1.54, 1.807) is 0 Å². The smallest absolute Gasteiger partial charge is 0.239 e. The average Bonchev–Trinajstić information content (AvgIpc) is 3.10. The van der Waals surface area contributed by atoms with Gasteiger partial charge in [-0.1, -0.05) is 6.92 Å². The molecule has 2 saturated heterocycles. The van der Waals surface area contributed by atoms with Crippen LogP contribution in [0.1, 0.15) is 25.6 Å². The molecule has 2 aliphatic heterocycles. The van der Waals surface area contributed by atoms with Gasteiger partial charge in [-0.2, -0.15) is 4.37 Å². The summed E-state index contributed by atoms with van der Waals surface area (Å²) in [6.45, 7) is 6.50. The molecule has 3 rings (SSSR count). The molecule has 1 amide bonds. The molecule has 1 aromatic rings. The van der Waals surface area contributed by atoms with Crippen molar-refractivity contribution >= 4 is 47.4 Å². The second-order valence-corrected chi connectivity index (χ2v) is 6.86. The van der Waals surface area contributed by atoms with Crippen molar-refractivity contribution in [1.82, 2.24) is 14.3 Å². The van der Waals surface area contributed by atoms with Gasteiger partial charge in [-0.25, -0.2) is 4.98 Å². The Balaban J connectivity index is 0.00000156. The molecule has 0 spiro atoms. The molecule has 0 saturated carbocycles. The highest BCUT2D eigenvalue weighted by Gasteiger charge is 2.31. The molecule has 10 heteroatoms. The van der Waals surface area contributed by atoms with Crippen LogP contribution in [0.25, 0.3) is 0 Å². The molecule has 0 aromatic carbocycles. The van der Waals surface area contributed by atoms with Crippen molar-refractivity contribution < 1.29 is 9.53 Å². The molecule has 0 radical (unpaired) electrons. The second-order valence-electron chi connectivity index (χ2n) is 6.13. The Labute approximate surface area is 165 Å². The third-order valence-electron chi connectivity index (χ3n) is 4.69. The summed E-state index contributed by atoms with van der Waals surface area (Å²) in [6.07, 6.45) is 2.63. The van der Waals surface area contributed by atoms with Gasteiger partial charge in [0, 0.05) is 57.3 Å². The minimum Gasteiger partial charge on any atom is -0.381 e. The van der Waals surface area contributed by atoms with E-state index in [1.807, 2.05) is 4.90 Å². The zero-order valence-corrected chi connectivity index (χ0v) is 16.9. The standard InChI is InChI=1S/C15H25N5O2S.2ClH/c1-2-12-17-15(23-18-12)20-7-5-19(6-8-20)14(21)13(16)11-3-9-22-10-4-11;;/h11,13H,2-10,16H2,1H3;2*1H. The van der Waals surface area contributed by atoms with Crippen LogP contribution in [0.4, 0.5) is 5.13 Å². The predicted octanol–water partition coefficient (Wildman–Crippen LogP) is 1.35. The zero-order valence-electron chi connectivity index (χ0n) is 14.4. The number of piperazine rings is 1. The van der Waals surface area contributed by atoms with E-state index in [9.17, 15) is 4.79 Å². The van der Waals surface area contributed by atoms with Crippen molar-refractivity contribution in [3.8, 4) is 0 Å². The predicted molar refractivity (Wildman–Crippen MR) is 104 cm³/mol. The Kier molecular flexibility index (Phi) is 9.37. The minimum absolute atomic E-state index is 0. The van der Waals surface area contributed by atoms with E-state index in [-0.39, 0.29) is 36.6 Å². The van der Waals surface area contributed by atoms with Crippen LogP contribution in [0.15, 0.2) is 0 Å². The summed E-state index contributed by atoms with van der Waals surface area (Å²) in [6, 6.07) is -0.390. The van der Waals surface area contributed by atoms with Crippen LogP contribution in [0.5, 0.6) is 0 Å². The van der Waals surface area contributed by atoms with Gasteiger partial charge in [0.05, 0.1) is 6.04 Å². The quantitative estimate of drug-likeness (QED) is 0.804. The van der Waals surface area contributed by atoms with Gasteiger partial charge in [-0.05, 0) is 18.8 Å². The summed E-state index contributed by atoms with van der Waals surface area (Å²) in [5, 5.41) is 0.961. The van der Waals surface area contributed by atoms with Gasteiger partial charge in [0.2, 0.25) is 11.0 Å². The fourth-order valence-corrected chi connectivity index (χ4v) is 3.92. The van der Waals surface area contributed by atoms with Crippen LogP contribution in [0, 0.1) is 5.92 Å². The number of ether oxygens (including phenoxy) is 1. The summed E-state index contributed by atoms with van der Waals surface area (Å²) in [7, 11) is 0. The van der Waals surface area contributed by atoms with Gasteiger partial charge >= 0.3 is 0 Å². The Morgan fingerprint density at radius 1 is 1.28 bits per heavy atom. The van der Waals surface area contributed by atoms with E-state index < -0.39 is 6.04 Å². The van der Waals surface area contributed by atoms with E-state index in [0.29, 0.717) is 13.1 Å². The number of nitrogens with two attached hydrogens (primary N) is 1. The summed E-state index contributed by atoms with van der Waals surface area (Å²) >= 11 is 1.44. The van der Waals surface area contributed by atoms with Crippen molar-refractivity contribution in [1.29, 1.82) is 0 Å². The van der Waals surface area contributed by atoms with Gasteiger partial charge in [0.1, 0.15) is 5.82 Å². The highest BCUT2D eigenvalue weighted by Crippen LogP contribution is 2.22. The number of aryl methyl sites for hydroxylation is 1. The summed E-state index contributed by atoms with van der Waals surface area (Å²) in [5.74, 6) is 1.23. The first-order valence-corrected chi connectivity index (χ1v) is 9.16. The lowest BCUT2D eigenvalue weighted by molar-refractivity contribution is -0.135. The fourth-order valence-electron chi connectivity index (χ4n) is 3.12. The van der Waals surface area contributed by atoms with Gasteiger partial charge in [0.25, 0.3) is 0 Å². The van der Waals surface area contributed by atoms with Crippen molar-refractivity contribution in [2.24, 2.45) is 11.7 Å². The first-order valence-electron chi connectivity index (χ1n) is 8.38. The van der Waals surface area contributed by atoms with Crippen LogP contribution >= 0.6 is 36.3 Å². The molecule has 1 aromatic heterocycles. The molecule has 2 fully saturated rings. The number of hydrogen-bond donors (Lipinski definition) is 1. The number of carbonyl (C=O) groups is 1. The number of rotatable bonds is 4. The molecule has 2 N–H and O–H groups in total. The van der Waals surface area contributed by atoms with Gasteiger partial charge in [-0.15, -0.1) is 24.8 Å². The zero-order chi connectivity index (χ0) is 16.2. The Bertz CT molecular complexity index is 534. The number of nitrogens with zero attached hydrogens (tertiary/aromatic N) is 4. The molecule has 2 aliphatic rings. The maximum absolute atomic E-state index is 12.6. The van der Waals surface area contributed by atoms with Crippen LogP contribution in [-0.2, 0) is 16.0 Å². The van der Waals surface area contributed by atoms with E-state index in [2.05, 4.69) is 21.2 Å². The van der Waals surface area contributed by atoms with Gasteiger partial charge in [-0.3, -0.25) is 4.79 Å². The normalized spacial score (nSPS) is 19.8. The molecule has 7 nitrogen and oxygen atoms in total. The topological polar surface area (TPSA) is 84.6 Å². The summed E-state index contributed by atoms with van der Waals surface area (Å²) < 4.78 is 9.68. The maximum Gasteiger partial charge on any atom is 0.239 e. The molecule has 0 aliphatic carbocycles. The second kappa shape index (κ2) is 10.5. The van der Waals surface area contributed by atoms with Crippen LogP contribution < -0.4 is 10.6 Å². The van der Waals surface area contributed by atoms with Crippen molar-refractivity contribution in [2.75, 3.05) is 44.3 Å². The Morgan fingerprint density at radius 2 is 1.92 bits per heavy atom. The van der Waals surface area contributed by atoms with Crippen LogP contribution in [0.2, 0.25) is 0 Å². The van der Waals surface area contributed by atoms with E-state index in [1.165, 1.54) is 11.5 Å². The van der Waals surface area contributed by atoms with Gasteiger partial charge < -0.3 is 20.3 Å². The summed E-state index contributed by atoms with van der Waals surface area (Å²) in [5.41, 5.74) is 6.21. The average molecular weight is 412 g/mol. The molecular formula is C15H27Cl2N5O2S. The molecule has 1 unspecified atom stereocenters. The number of amides is 1. The third-order valence-corrected chi connectivity index (χ3v) is 5.51. The molecule has 144 valence electrons. The number of aromatic nitrogens is 2. The molecule has 0 bridgehead atoms. The Hall–Kier alpha value is -0.670. The first-order chi connectivity index (χ1) is 11.2. The SMILES string of the molecule is CCc1nsc(N2CCN(C(=O)C(N)C3CCOCC3)CC2)n1.Cl.Cl. The lowest BCUT2D eigenvalue weighted by Gasteiger charge is -2.37. The number of hydrogen-bond acceptors (Lipinski definition) is 7. The van der Waals surface area contributed by atoms with Crippen LogP contribution in [0.3, 0.4) is 0 Å². The Morgan fingerprint density at radius 3 is 2.48 bits per heavy atom. The number of halogens is 2. The van der Waals surface area contributed by atoms with Crippen LogP contribution in [-0.4, -0.2) is 65.6 Å². The highest BCUT2D eigenvalue weighted by atomic mass is 35.5. The van der Waals surface area contributed by atoms with Crippen molar-refractivity contribution in [3.63, 3.8) is 0 Å². The third kappa shape index (κ3) is 5.40. The molecule has 1 atom stereocenters. The fraction of sp³-hybridized carbons (Fsp3) is 0.800. The van der Waals surface area contributed by atoms with E-state index in [4.69, 9.17) is 10.5 Å². The molecular weight excluding hydrogens is 385 g/mol. The minimum atomic E-state index is -0.390. The largest absolute Gasteiger partial charge is 0.381 e. The summed E-state index contributed by atoms with van der Waals surface area (Å²) in [4.78, 5) is 21.2. The highest BCUT2D eigenvalue weighted by molar-refractivity contribution is 7.09. The number of carbonyl (C=O) groups excluding carboxylic acids is 1. The lowest BCUT2D eigenvalue weighted by atomic mass is 9.91.